The van der Waals surface area contributed by atoms with Crippen LogP contribution in [-0.4, -0.2) is 12.0 Å². The smallest absolute Gasteiger partial charge is 0.262 e. The lowest BCUT2D eigenvalue weighted by atomic mass is 9.94. The molecule has 1 aliphatic rings. The van der Waals surface area contributed by atoms with Crippen molar-refractivity contribution in [3.8, 4) is 0 Å². The van der Waals surface area contributed by atoms with Gasteiger partial charge in [0.2, 0.25) is 5.52 Å². The van der Waals surface area contributed by atoms with Gasteiger partial charge in [-0.2, -0.15) is 4.57 Å². The van der Waals surface area contributed by atoms with Crippen LogP contribution in [0.4, 0.5) is 5.69 Å². The zero-order valence-corrected chi connectivity index (χ0v) is 21.2. The summed E-state index contributed by atoms with van der Waals surface area (Å²) in [5, 5.41) is 1.24. The van der Waals surface area contributed by atoms with Crippen LogP contribution in [0.2, 0.25) is 0 Å². The number of rotatable bonds is 6. The highest BCUT2D eigenvalue weighted by Crippen LogP contribution is 2.45. The Balaban J connectivity index is 1.32. The maximum Gasteiger partial charge on any atom is 0.262 e. The molecule has 3 nitrogen and oxygen atoms in total. The quantitative estimate of drug-likeness (QED) is 0.221. The molecular formula is C31H30N3S+. The highest BCUT2D eigenvalue weighted by atomic mass is 32.1. The zero-order chi connectivity index (χ0) is 24.2. The van der Waals surface area contributed by atoms with Crippen LogP contribution >= 0.6 is 11.3 Å². The summed E-state index contributed by atoms with van der Waals surface area (Å²) >= 11 is 1.83. The molecule has 4 heteroatoms. The predicted octanol–water partition coefficient (Wildman–Crippen LogP) is 6.97. The Bertz CT molecular complexity index is 1460. The van der Waals surface area contributed by atoms with Crippen LogP contribution in [-0.2, 0) is 13.5 Å². The Morgan fingerprint density at radius 2 is 1.77 bits per heavy atom. The Hall–Kier alpha value is -3.76. The molecular weight excluding hydrogens is 446 g/mol. The summed E-state index contributed by atoms with van der Waals surface area (Å²) in [6, 6.07) is 21.5. The maximum absolute atomic E-state index is 4.66. The van der Waals surface area contributed by atoms with E-state index in [2.05, 4.69) is 133 Å². The van der Waals surface area contributed by atoms with E-state index in [9.17, 15) is 0 Å². The summed E-state index contributed by atoms with van der Waals surface area (Å²) in [6.45, 7) is 2.20. The van der Waals surface area contributed by atoms with Crippen molar-refractivity contribution in [3.63, 3.8) is 0 Å². The molecule has 0 bridgehead atoms. The van der Waals surface area contributed by atoms with E-state index in [1.807, 2.05) is 23.6 Å². The fourth-order valence-corrected chi connectivity index (χ4v) is 5.79. The van der Waals surface area contributed by atoms with Gasteiger partial charge in [0.15, 0.2) is 0 Å². The topological polar surface area (TPSA) is 20.0 Å². The lowest BCUT2D eigenvalue weighted by Crippen LogP contribution is -2.28. The Kier molecular flexibility index (Phi) is 6.73. The van der Waals surface area contributed by atoms with Crippen LogP contribution < -0.4 is 9.47 Å². The molecule has 35 heavy (non-hydrogen) atoms. The molecule has 0 spiro atoms. The number of likely N-dealkylation sites (N-methyl/N-ethyl adjacent to an activating group) is 1. The first-order chi connectivity index (χ1) is 17.2. The van der Waals surface area contributed by atoms with Crippen molar-refractivity contribution in [2.24, 2.45) is 7.05 Å². The summed E-state index contributed by atoms with van der Waals surface area (Å²) in [6.07, 6.45) is 17.8. The van der Waals surface area contributed by atoms with Gasteiger partial charge in [-0.3, -0.25) is 4.98 Å². The zero-order valence-electron chi connectivity index (χ0n) is 20.4. The van der Waals surface area contributed by atoms with E-state index in [0.717, 1.165) is 12.1 Å². The van der Waals surface area contributed by atoms with Crippen molar-refractivity contribution in [2.45, 2.75) is 19.3 Å². The predicted molar refractivity (Wildman–Crippen MR) is 149 cm³/mol. The third kappa shape index (κ3) is 4.62. The number of fused-ring (bicyclic) bond motifs is 2. The van der Waals surface area contributed by atoms with Crippen molar-refractivity contribution in [1.82, 2.24) is 4.98 Å². The van der Waals surface area contributed by atoms with Gasteiger partial charge in [-0.05, 0) is 47.9 Å². The first-order valence-electron chi connectivity index (χ1n) is 12.0. The molecule has 3 heterocycles. The van der Waals surface area contributed by atoms with Crippen molar-refractivity contribution in [3.05, 3.63) is 131 Å². The Morgan fingerprint density at radius 1 is 0.971 bits per heavy atom. The normalized spacial score (nSPS) is 17.1. The third-order valence-corrected chi connectivity index (χ3v) is 7.73. The fourth-order valence-electron chi connectivity index (χ4n) is 4.66. The van der Waals surface area contributed by atoms with Gasteiger partial charge in [-0.15, -0.1) is 0 Å². The highest BCUT2D eigenvalue weighted by Gasteiger charge is 2.32. The number of hydrogen-bond donors (Lipinski definition) is 0. The monoisotopic (exact) mass is 476 g/mol. The molecule has 0 saturated carbocycles. The molecule has 0 N–H and O–H groups in total. The average Bonchev–Trinajstić information content (AvgIpc) is 3.37. The van der Waals surface area contributed by atoms with Crippen LogP contribution in [0.5, 0.6) is 0 Å². The average molecular weight is 477 g/mol. The van der Waals surface area contributed by atoms with Crippen molar-refractivity contribution in [1.29, 1.82) is 0 Å². The Labute approximate surface area is 211 Å². The summed E-state index contributed by atoms with van der Waals surface area (Å²) in [4.78, 5) is 6.93. The molecule has 1 unspecified atom stereocenters. The van der Waals surface area contributed by atoms with E-state index >= 15 is 0 Å². The number of allylic oxidation sites excluding steroid dienone is 7. The molecule has 0 radical (unpaired) electrons. The molecule has 174 valence electrons. The molecule has 2 aromatic carbocycles. The minimum Gasteiger partial charge on any atom is -0.347 e. The van der Waals surface area contributed by atoms with Crippen LogP contribution in [0.1, 0.15) is 34.7 Å². The largest absolute Gasteiger partial charge is 0.347 e. The van der Waals surface area contributed by atoms with Gasteiger partial charge in [0, 0.05) is 36.8 Å². The lowest BCUT2D eigenvalue weighted by Gasteiger charge is -2.17. The summed E-state index contributed by atoms with van der Waals surface area (Å²) < 4.78 is 3.60. The number of pyridine rings is 1. The molecule has 0 amide bonds. The third-order valence-electron chi connectivity index (χ3n) is 6.56. The first-order valence-corrected chi connectivity index (χ1v) is 12.9. The van der Waals surface area contributed by atoms with Crippen molar-refractivity contribution < 1.29 is 4.57 Å². The summed E-state index contributed by atoms with van der Waals surface area (Å²) in [7, 11) is 4.27. The van der Waals surface area contributed by atoms with E-state index in [1.54, 1.807) is 0 Å². The first kappa shape index (κ1) is 23.0. The lowest BCUT2D eigenvalue weighted by molar-refractivity contribution is -0.642. The fraction of sp³-hybridized carbons (Fsp3) is 0.161. The number of para-hydroxylation sites is 1. The molecule has 2 aromatic heterocycles. The number of nitrogens with zero attached hydrogens (tertiary/aromatic N) is 3. The van der Waals surface area contributed by atoms with E-state index in [0.29, 0.717) is 0 Å². The van der Waals surface area contributed by atoms with Gasteiger partial charge in [0.05, 0.1) is 11.6 Å². The summed E-state index contributed by atoms with van der Waals surface area (Å²) in [5.41, 5.74) is 7.51. The van der Waals surface area contributed by atoms with Gasteiger partial charge in [0.25, 0.3) is 5.01 Å². The second kappa shape index (κ2) is 10.2. The second-order valence-electron chi connectivity index (χ2n) is 8.68. The van der Waals surface area contributed by atoms with E-state index in [1.165, 1.54) is 37.7 Å². The molecule has 0 aliphatic carbocycles. The van der Waals surface area contributed by atoms with Gasteiger partial charge in [0.1, 0.15) is 11.7 Å². The highest BCUT2D eigenvalue weighted by molar-refractivity contribution is 7.18. The molecule has 0 saturated heterocycles. The van der Waals surface area contributed by atoms with Crippen LogP contribution in [0.15, 0.2) is 109 Å². The summed E-state index contributed by atoms with van der Waals surface area (Å²) in [5.74, 6) is 0.145. The minimum absolute atomic E-state index is 0.145. The molecule has 1 aliphatic heterocycles. The second-order valence-corrected chi connectivity index (χ2v) is 9.74. The van der Waals surface area contributed by atoms with Crippen LogP contribution in [0.3, 0.4) is 0 Å². The van der Waals surface area contributed by atoms with Crippen molar-refractivity contribution >= 4 is 33.3 Å². The van der Waals surface area contributed by atoms with Crippen LogP contribution in [0.25, 0.3) is 16.3 Å². The van der Waals surface area contributed by atoms with E-state index < -0.39 is 0 Å². The molecule has 5 rings (SSSR count). The number of benzene rings is 2. The molecule has 0 fully saturated rings. The van der Waals surface area contributed by atoms with Crippen LogP contribution in [0, 0.1) is 0 Å². The molecule has 1 atom stereocenters. The van der Waals surface area contributed by atoms with Gasteiger partial charge in [-0.1, -0.05) is 79.0 Å². The number of aryl methyl sites for hydroxylation is 2. The number of anilines is 1. The SMILES string of the molecule is CCc1ccc2c(c1)sc(C=CC=CC=CC=C1C(c3ccccn3)c3ccccc3N1C)[n+]2C. The van der Waals surface area contributed by atoms with Gasteiger partial charge >= 0.3 is 0 Å². The van der Waals surface area contributed by atoms with Gasteiger partial charge < -0.3 is 4.90 Å². The number of thiazole rings is 1. The Morgan fingerprint density at radius 3 is 2.60 bits per heavy atom. The van der Waals surface area contributed by atoms with E-state index in [-0.39, 0.29) is 5.92 Å². The number of aromatic nitrogens is 2. The van der Waals surface area contributed by atoms with E-state index in [4.69, 9.17) is 0 Å². The maximum atomic E-state index is 4.66. The molecule has 4 aromatic rings. The van der Waals surface area contributed by atoms with Crippen molar-refractivity contribution in [2.75, 3.05) is 11.9 Å². The minimum atomic E-state index is 0.145. The standard InChI is InChI=1S/C31H30N3S/c1-4-23-19-20-27-29(22-23)35-30(34(27)3)18-9-7-5-6-8-17-28-31(25-15-12-13-21-32-25)24-14-10-11-16-26(24)33(28)2/h5-22,31H,4H2,1-3H3/q+1. The van der Waals surface area contributed by atoms with Gasteiger partial charge in [-0.25, -0.2) is 0 Å². The number of hydrogen-bond acceptors (Lipinski definition) is 3.